The number of carbonyl (C=O) groups is 1. The predicted octanol–water partition coefficient (Wildman–Crippen LogP) is 3.66. The molecule has 0 unspecified atom stereocenters. The standard InChI is InChI=1S/C23H19N7O/c1-15-19(22(31)27-18-9-3-2-4-10-18)20(16-7-5-11-24-13-16)30-23(26-15)28-21(29-30)17-8-6-12-25-14-17/h2-14,20H,1H3,(H,27,31)(H,26,28,29)/t20-/m0/s1. The first-order valence-corrected chi connectivity index (χ1v) is 9.82. The highest BCUT2D eigenvalue weighted by Gasteiger charge is 2.34. The van der Waals surface area contributed by atoms with Crippen molar-refractivity contribution < 1.29 is 4.79 Å². The van der Waals surface area contributed by atoms with E-state index in [2.05, 4.69) is 25.6 Å². The van der Waals surface area contributed by atoms with Crippen molar-refractivity contribution in [3.8, 4) is 11.4 Å². The van der Waals surface area contributed by atoms with Crippen LogP contribution in [0.2, 0.25) is 0 Å². The lowest BCUT2D eigenvalue weighted by atomic mass is 9.96. The number of allylic oxidation sites excluding steroid dienone is 1. The topological polar surface area (TPSA) is 97.6 Å². The van der Waals surface area contributed by atoms with E-state index in [0.717, 1.165) is 16.8 Å². The number of hydrogen-bond donors (Lipinski definition) is 2. The Morgan fingerprint density at radius 1 is 1.00 bits per heavy atom. The highest BCUT2D eigenvalue weighted by atomic mass is 16.1. The number of aromatic nitrogens is 5. The minimum absolute atomic E-state index is 0.214. The zero-order valence-electron chi connectivity index (χ0n) is 16.7. The summed E-state index contributed by atoms with van der Waals surface area (Å²) >= 11 is 0. The van der Waals surface area contributed by atoms with Gasteiger partial charge in [-0.2, -0.15) is 4.98 Å². The molecule has 0 aliphatic carbocycles. The van der Waals surface area contributed by atoms with Gasteiger partial charge in [-0.1, -0.05) is 24.3 Å². The van der Waals surface area contributed by atoms with Crippen LogP contribution in [0, 0.1) is 0 Å². The van der Waals surface area contributed by atoms with Crippen molar-refractivity contribution in [2.24, 2.45) is 0 Å². The van der Waals surface area contributed by atoms with E-state index in [4.69, 9.17) is 5.10 Å². The first kappa shape index (κ1) is 18.7. The zero-order valence-corrected chi connectivity index (χ0v) is 16.7. The van der Waals surface area contributed by atoms with E-state index >= 15 is 0 Å². The SMILES string of the molecule is CC1=C(C(=O)Nc2ccccc2)[C@H](c2cccnc2)n2nc(-c3cccnc3)nc2N1. The van der Waals surface area contributed by atoms with Gasteiger partial charge < -0.3 is 10.6 Å². The molecule has 0 saturated carbocycles. The molecule has 4 aromatic rings. The predicted molar refractivity (Wildman–Crippen MR) is 117 cm³/mol. The van der Waals surface area contributed by atoms with E-state index in [1.807, 2.05) is 61.5 Å². The molecular weight excluding hydrogens is 390 g/mol. The third-order valence-electron chi connectivity index (χ3n) is 5.05. The van der Waals surface area contributed by atoms with Crippen molar-refractivity contribution in [2.75, 3.05) is 10.6 Å². The Balaban J connectivity index is 1.60. The lowest BCUT2D eigenvalue weighted by Gasteiger charge is -2.28. The van der Waals surface area contributed by atoms with Gasteiger partial charge in [0, 0.05) is 41.7 Å². The van der Waals surface area contributed by atoms with Gasteiger partial charge in [-0.3, -0.25) is 14.8 Å². The summed E-state index contributed by atoms with van der Waals surface area (Å²) in [6.07, 6.45) is 6.86. The normalized spacial score (nSPS) is 15.2. The second-order valence-electron chi connectivity index (χ2n) is 7.12. The molecule has 1 aliphatic heterocycles. The molecule has 0 spiro atoms. The highest BCUT2D eigenvalue weighted by molar-refractivity contribution is 6.06. The Kier molecular flexibility index (Phi) is 4.72. The average molecular weight is 409 g/mol. The number of hydrogen-bond acceptors (Lipinski definition) is 6. The monoisotopic (exact) mass is 409 g/mol. The van der Waals surface area contributed by atoms with Crippen LogP contribution in [0.4, 0.5) is 11.6 Å². The quantitative estimate of drug-likeness (QED) is 0.534. The van der Waals surface area contributed by atoms with Crippen LogP contribution in [0.3, 0.4) is 0 Å². The number of rotatable bonds is 4. The third kappa shape index (κ3) is 3.55. The molecule has 0 bridgehead atoms. The summed E-state index contributed by atoms with van der Waals surface area (Å²) in [5.74, 6) is 0.873. The van der Waals surface area contributed by atoms with E-state index in [-0.39, 0.29) is 5.91 Å². The second-order valence-corrected chi connectivity index (χ2v) is 7.12. The zero-order chi connectivity index (χ0) is 21.2. The summed E-state index contributed by atoms with van der Waals surface area (Å²) in [4.78, 5) is 26.4. The van der Waals surface area contributed by atoms with Gasteiger partial charge >= 0.3 is 0 Å². The number of nitrogens with one attached hydrogen (secondary N) is 2. The van der Waals surface area contributed by atoms with Gasteiger partial charge in [0.1, 0.15) is 6.04 Å². The van der Waals surface area contributed by atoms with Crippen LogP contribution in [0.5, 0.6) is 0 Å². The molecule has 8 nitrogen and oxygen atoms in total. The van der Waals surface area contributed by atoms with Crippen LogP contribution >= 0.6 is 0 Å². The summed E-state index contributed by atoms with van der Waals surface area (Å²) in [5.41, 5.74) is 3.61. The van der Waals surface area contributed by atoms with Crippen LogP contribution < -0.4 is 10.6 Å². The Morgan fingerprint density at radius 3 is 2.48 bits per heavy atom. The molecular formula is C23H19N7O. The average Bonchev–Trinajstić information content (AvgIpc) is 3.23. The minimum atomic E-state index is -0.480. The minimum Gasteiger partial charge on any atom is -0.328 e. The molecule has 8 heteroatoms. The fraction of sp³-hybridized carbons (Fsp3) is 0.0870. The van der Waals surface area contributed by atoms with E-state index in [0.29, 0.717) is 23.0 Å². The van der Waals surface area contributed by atoms with Gasteiger partial charge in [-0.15, -0.1) is 5.10 Å². The highest BCUT2D eigenvalue weighted by Crippen LogP contribution is 2.36. The van der Waals surface area contributed by atoms with Gasteiger partial charge in [-0.25, -0.2) is 4.68 Å². The van der Waals surface area contributed by atoms with Crippen molar-refractivity contribution in [1.82, 2.24) is 24.7 Å². The molecule has 1 aromatic carbocycles. The number of carbonyl (C=O) groups excluding carboxylic acids is 1. The second kappa shape index (κ2) is 7.83. The summed E-state index contributed by atoms with van der Waals surface area (Å²) in [5, 5.41) is 10.9. The molecule has 3 aromatic heterocycles. The number of pyridine rings is 2. The van der Waals surface area contributed by atoms with Crippen LogP contribution in [-0.2, 0) is 4.79 Å². The van der Waals surface area contributed by atoms with E-state index in [9.17, 15) is 4.79 Å². The number of fused-ring (bicyclic) bond motifs is 1. The maximum atomic E-state index is 13.3. The van der Waals surface area contributed by atoms with Crippen molar-refractivity contribution in [3.63, 3.8) is 0 Å². The maximum absolute atomic E-state index is 13.3. The lowest BCUT2D eigenvalue weighted by molar-refractivity contribution is -0.113. The molecule has 4 heterocycles. The number of anilines is 2. The van der Waals surface area contributed by atoms with Crippen molar-refractivity contribution in [3.05, 3.63) is 96.2 Å². The summed E-state index contributed by atoms with van der Waals surface area (Å²) in [6.45, 7) is 1.87. The molecule has 5 rings (SSSR count). The maximum Gasteiger partial charge on any atom is 0.255 e. The summed E-state index contributed by atoms with van der Waals surface area (Å²) in [6, 6.07) is 16.4. The summed E-state index contributed by atoms with van der Waals surface area (Å²) < 4.78 is 1.73. The van der Waals surface area contributed by atoms with Gasteiger partial charge in [0.05, 0.1) is 5.57 Å². The Bertz CT molecular complexity index is 1250. The molecule has 1 atom stereocenters. The van der Waals surface area contributed by atoms with Crippen molar-refractivity contribution in [2.45, 2.75) is 13.0 Å². The van der Waals surface area contributed by atoms with Crippen LogP contribution in [0.25, 0.3) is 11.4 Å². The number of nitrogens with zero attached hydrogens (tertiary/aromatic N) is 5. The van der Waals surface area contributed by atoms with Crippen molar-refractivity contribution >= 4 is 17.5 Å². The number of benzene rings is 1. The fourth-order valence-corrected chi connectivity index (χ4v) is 3.63. The molecule has 0 fully saturated rings. The van der Waals surface area contributed by atoms with Gasteiger partial charge in [0.2, 0.25) is 5.95 Å². The van der Waals surface area contributed by atoms with Crippen LogP contribution in [-0.4, -0.2) is 30.6 Å². The van der Waals surface area contributed by atoms with Gasteiger partial charge in [-0.05, 0) is 42.8 Å². The van der Waals surface area contributed by atoms with E-state index in [1.165, 1.54) is 0 Å². The largest absolute Gasteiger partial charge is 0.328 e. The molecule has 0 saturated heterocycles. The molecule has 2 N–H and O–H groups in total. The Hall–Kier alpha value is -4.33. The van der Waals surface area contributed by atoms with E-state index < -0.39 is 6.04 Å². The summed E-state index contributed by atoms with van der Waals surface area (Å²) in [7, 11) is 0. The molecule has 1 aliphatic rings. The van der Waals surface area contributed by atoms with Gasteiger partial charge in [0.15, 0.2) is 5.82 Å². The number of para-hydroxylation sites is 1. The Labute approximate surface area is 178 Å². The number of amides is 1. The van der Waals surface area contributed by atoms with Crippen LogP contribution in [0.15, 0.2) is 90.7 Å². The first-order valence-electron chi connectivity index (χ1n) is 9.82. The van der Waals surface area contributed by atoms with E-state index in [1.54, 1.807) is 29.5 Å². The first-order chi connectivity index (χ1) is 15.2. The van der Waals surface area contributed by atoms with Crippen molar-refractivity contribution in [1.29, 1.82) is 0 Å². The van der Waals surface area contributed by atoms with Crippen LogP contribution in [0.1, 0.15) is 18.5 Å². The smallest absolute Gasteiger partial charge is 0.255 e. The molecule has 1 amide bonds. The Morgan fingerprint density at radius 2 is 1.77 bits per heavy atom. The van der Waals surface area contributed by atoms with Gasteiger partial charge in [0.25, 0.3) is 5.91 Å². The fourth-order valence-electron chi connectivity index (χ4n) is 3.63. The lowest BCUT2D eigenvalue weighted by Crippen LogP contribution is -2.31. The molecule has 0 radical (unpaired) electrons. The molecule has 31 heavy (non-hydrogen) atoms. The third-order valence-corrected chi connectivity index (χ3v) is 5.05. The molecule has 152 valence electrons.